The fourth-order valence-electron chi connectivity index (χ4n) is 4.32. The van der Waals surface area contributed by atoms with Crippen LogP contribution in [-0.4, -0.2) is 71.3 Å². The summed E-state index contributed by atoms with van der Waals surface area (Å²) in [5.74, 6) is 1.19. The number of pyridine rings is 1. The fourth-order valence-corrected chi connectivity index (χ4v) is 5.81. The second-order valence-corrected chi connectivity index (χ2v) is 11.1. The second-order valence-electron chi connectivity index (χ2n) is 9.03. The molecule has 1 saturated heterocycles. The third-order valence-electron chi connectivity index (χ3n) is 6.19. The van der Waals surface area contributed by atoms with E-state index >= 15 is 0 Å². The molecule has 4 aromatic heterocycles. The third kappa shape index (κ3) is 4.18. The minimum Gasteiger partial charge on any atom is -0.340 e. The van der Waals surface area contributed by atoms with Gasteiger partial charge in [-0.3, -0.25) is 9.78 Å². The first-order valence-corrected chi connectivity index (χ1v) is 12.8. The van der Waals surface area contributed by atoms with E-state index in [0.717, 1.165) is 32.3 Å². The summed E-state index contributed by atoms with van der Waals surface area (Å²) in [7, 11) is -3.71. The molecule has 11 nitrogen and oxygen atoms in total. The molecule has 0 aliphatic carbocycles. The molecule has 0 unspecified atom stereocenters. The summed E-state index contributed by atoms with van der Waals surface area (Å²) in [6.45, 7) is 8.00. The van der Waals surface area contributed by atoms with Gasteiger partial charge in [-0.1, -0.05) is 0 Å². The van der Waals surface area contributed by atoms with E-state index in [9.17, 15) is 13.2 Å². The number of hydrogen-bond donors (Lipinski definition) is 0. The van der Waals surface area contributed by atoms with Crippen LogP contribution < -0.4 is 0 Å². The Labute approximate surface area is 202 Å². The monoisotopic (exact) mass is 494 g/mol. The Morgan fingerprint density at radius 1 is 1.14 bits per heavy atom. The first-order valence-electron chi connectivity index (χ1n) is 11.3. The number of likely N-dealkylation sites (tertiary alicyclic amines) is 1. The van der Waals surface area contributed by atoms with Gasteiger partial charge in [-0.2, -0.15) is 9.19 Å². The van der Waals surface area contributed by atoms with E-state index in [1.54, 1.807) is 12.4 Å². The second kappa shape index (κ2) is 8.52. The molecular formula is C23H26N8O3S. The maximum absolute atomic E-state index is 12.8. The van der Waals surface area contributed by atoms with Crippen molar-refractivity contribution in [1.82, 2.24) is 38.6 Å². The summed E-state index contributed by atoms with van der Waals surface area (Å²) in [5, 5.41) is 3.37. The van der Waals surface area contributed by atoms with Crippen molar-refractivity contribution in [3.63, 3.8) is 0 Å². The minimum absolute atomic E-state index is 0.139. The molecule has 1 aliphatic heterocycles. The number of imidazole rings is 1. The van der Waals surface area contributed by atoms with Crippen LogP contribution in [0, 0.1) is 6.92 Å². The van der Waals surface area contributed by atoms with Crippen molar-refractivity contribution >= 4 is 27.0 Å². The maximum Gasteiger partial charge on any atom is 0.260 e. The van der Waals surface area contributed by atoms with E-state index in [0.29, 0.717) is 17.8 Å². The van der Waals surface area contributed by atoms with Gasteiger partial charge in [0.15, 0.2) is 5.82 Å². The topological polar surface area (TPSA) is 129 Å². The van der Waals surface area contributed by atoms with Crippen molar-refractivity contribution in [1.29, 1.82) is 0 Å². The van der Waals surface area contributed by atoms with Crippen LogP contribution >= 0.6 is 0 Å². The highest BCUT2D eigenvalue weighted by molar-refractivity contribution is 7.90. The zero-order valence-electron chi connectivity index (χ0n) is 20.0. The van der Waals surface area contributed by atoms with Crippen LogP contribution in [0.3, 0.4) is 0 Å². The average molecular weight is 495 g/mol. The Balaban J connectivity index is 1.37. The van der Waals surface area contributed by atoms with Crippen molar-refractivity contribution in [2.75, 3.05) is 13.1 Å². The average Bonchev–Trinajstić information content (AvgIpc) is 3.37. The number of carbonyl (C=O) groups is 1. The van der Waals surface area contributed by atoms with Gasteiger partial charge in [0.25, 0.3) is 10.0 Å². The first-order chi connectivity index (χ1) is 16.6. The lowest BCUT2D eigenvalue weighted by atomic mass is 10.2. The minimum atomic E-state index is -3.71. The van der Waals surface area contributed by atoms with Gasteiger partial charge < -0.3 is 9.47 Å². The van der Waals surface area contributed by atoms with Gasteiger partial charge in [0.1, 0.15) is 16.6 Å². The fraction of sp³-hybridized carbons (Fsp3) is 0.391. The number of nitrogens with zero attached hydrogens (tertiary/aromatic N) is 8. The molecule has 35 heavy (non-hydrogen) atoms. The van der Waals surface area contributed by atoms with Crippen LogP contribution in [0.15, 0.2) is 36.9 Å². The SMILES string of the molecule is CC(=O)N1CC(S(=O)(=O)n2cc(-c3nccc(Cc4cc5c(cn4)nc(C)n5C(C)C)n3)cn2)C1. The Morgan fingerprint density at radius 3 is 2.63 bits per heavy atom. The Bertz CT molecular complexity index is 1530. The van der Waals surface area contributed by atoms with Gasteiger partial charge in [0, 0.05) is 44.4 Å². The summed E-state index contributed by atoms with van der Waals surface area (Å²) in [6, 6.07) is 4.12. The van der Waals surface area contributed by atoms with E-state index in [1.165, 1.54) is 24.2 Å². The van der Waals surface area contributed by atoms with Gasteiger partial charge in [-0.05, 0) is 32.9 Å². The Morgan fingerprint density at radius 2 is 1.91 bits per heavy atom. The van der Waals surface area contributed by atoms with Gasteiger partial charge in [0.05, 0.1) is 35.4 Å². The van der Waals surface area contributed by atoms with E-state index in [4.69, 9.17) is 0 Å². The van der Waals surface area contributed by atoms with Gasteiger partial charge in [-0.25, -0.2) is 23.4 Å². The molecule has 0 bridgehead atoms. The van der Waals surface area contributed by atoms with Crippen molar-refractivity contribution in [3.05, 3.63) is 54.1 Å². The van der Waals surface area contributed by atoms with Gasteiger partial charge in [0.2, 0.25) is 5.91 Å². The first kappa shape index (κ1) is 23.1. The van der Waals surface area contributed by atoms with E-state index < -0.39 is 15.3 Å². The Kier molecular flexibility index (Phi) is 5.62. The summed E-state index contributed by atoms with van der Waals surface area (Å²) < 4.78 is 28.8. The zero-order valence-corrected chi connectivity index (χ0v) is 20.8. The summed E-state index contributed by atoms with van der Waals surface area (Å²) in [6.07, 6.45) is 6.76. The lowest BCUT2D eigenvalue weighted by molar-refractivity contribution is -0.131. The highest BCUT2D eigenvalue weighted by Crippen LogP contribution is 2.23. The molecule has 0 spiro atoms. The molecule has 0 N–H and O–H groups in total. The zero-order chi connectivity index (χ0) is 24.9. The molecule has 1 fully saturated rings. The van der Waals surface area contributed by atoms with Crippen LogP contribution in [0.5, 0.6) is 0 Å². The molecule has 4 aromatic rings. The number of aryl methyl sites for hydroxylation is 1. The third-order valence-corrected chi connectivity index (χ3v) is 8.06. The quantitative estimate of drug-likeness (QED) is 0.398. The number of rotatable bonds is 6. The van der Waals surface area contributed by atoms with Crippen LogP contribution in [0.2, 0.25) is 0 Å². The summed E-state index contributed by atoms with van der Waals surface area (Å²) in [5.41, 5.74) is 3.98. The normalized spacial score (nSPS) is 14.6. The predicted molar refractivity (Wildman–Crippen MR) is 129 cm³/mol. The van der Waals surface area contributed by atoms with Crippen LogP contribution in [0.1, 0.15) is 44.0 Å². The van der Waals surface area contributed by atoms with Gasteiger partial charge >= 0.3 is 0 Å². The molecule has 0 saturated carbocycles. The van der Waals surface area contributed by atoms with Crippen LogP contribution in [-0.2, 0) is 21.2 Å². The van der Waals surface area contributed by atoms with Crippen molar-refractivity contribution in [3.8, 4) is 11.4 Å². The van der Waals surface area contributed by atoms with Crippen molar-refractivity contribution in [2.45, 2.75) is 45.4 Å². The lowest BCUT2D eigenvalue weighted by Crippen LogP contribution is -2.57. The van der Waals surface area contributed by atoms with Crippen LogP contribution in [0.25, 0.3) is 22.4 Å². The maximum atomic E-state index is 12.8. The molecule has 1 aliphatic rings. The highest BCUT2D eigenvalue weighted by atomic mass is 32.2. The van der Waals surface area contributed by atoms with Crippen molar-refractivity contribution in [2.24, 2.45) is 0 Å². The molecule has 0 atom stereocenters. The summed E-state index contributed by atoms with van der Waals surface area (Å²) >= 11 is 0. The number of amides is 1. The number of hydrogen-bond acceptors (Lipinski definition) is 8. The smallest absolute Gasteiger partial charge is 0.260 e. The molecule has 0 aromatic carbocycles. The van der Waals surface area contributed by atoms with E-state index in [-0.39, 0.29) is 25.0 Å². The van der Waals surface area contributed by atoms with E-state index in [1.807, 2.05) is 19.1 Å². The van der Waals surface area contributed by atoms with Gasteiger partial charge in [-0.15, -0.1) is 0 Å². The highest BCUT2D eigenvalue weighted by Gasteiger charge is 2.40. The molecular weight excluding hydrogens is 468 g/mol. The molecule has 5 heterocycles. The molecule has 5 rings (SSSR count). The molecule has 12 heteroatoms. The lowest BCUT2D eigenvalue weighted by Gasteiger charge is -2.37. The number of carbonyl (C=O) groups excluding carboxylic acids is 1. The van der Waals surface area contributed by atoms with Crippen LogP contribution in [0.4, 0.5) is 0 Å². The van der Waals surface area contributed by atoms with E-state index in [2.05, 4.69) is 43.4 Å². The number of aromatic nitrogens is 7. The molecule has 0 radical (unpaired) electrons. The molecule has 182 valence electrons. The summed E-state index contributed by atoms with van der Waals surface area (Å²) in [4.78, 5) is 30.9. The predicted octanol–water partition coefficient (Wildman–Crippen LogP) is 1.97. The largest absolute Gasteiger partial charge is 0.340 e. The van der Waals surface area contributed by atoms with Crippen molar-refractivity contribution < 1.29 is 13.2 Å². The number of fused-ring (bicyclic) bond motifs is 1. The molecule has 1 amide bonds. The standard InChI is InChI=1S/C23H26N8O3S/c1-14(2)31-15(3)27-21-10-25-19(8-22(21)31)7-18-5-6-24-23(28-18)17-9-26-30(11-17)35(33,34)20-12-29(13-20)16(4)32/h5-6,8-11,14,20H,7,12-13H2,1-4H3. The Hall–Kier alpha value is -3.67.